The van der Waals surface area contributed by atoms with Crippen LogP contribution in [0.15, 0.2) is 35.5 Å². The van der Waals surface area contributed by atoms with Crippen LogP contribution in [-0.2, 0) is 14.6 Å². The average molecular weight is 769 g/mol. The molecule has 7 rings (SSSR count). The third-order valence-corrected chi connectivity index (χ3v) is 20.3. The Hall–Kier alpha value is -1.51. The van der Waals surface area contributed by atoms with Crippen molar-refractivity contribution in [2.24, 2.45) is 62.1 Å². The molecule has 0 aromatic heterocycles. The standard InChI is InChI=1S/C46H73FN2O4S/c1-31(2)33-14-21-46(30-48-29-40(3,4)49-24-26-54(52,53)27-25-49)23-22-43(8)35(38(33)46)10-11-37-42(7)17-15-34(41(5,6)36(42)16-18-44(37,43)9)32-12-19-45(28-47,20-13-32)39(50)51/h12,15,33,35-38,48H,1,10-11,13-14,16-30H2,2-9H3,(H,50,51)/t33-,35+,36?,37?,38?,42-,43+,44+,45-,46+/m0/s1. The minimum Gasteiger partial charge on any atom is -0.481 e. The average Bonchev–Trinajstić information content (AvgIpc) is 3.48. The second kappa shape index (κ2) is 13.5. The summed E-state index contributed by atoms with van der Waals surface area (Å²) in [6.45, 7) is 26.8. The summed E-state index contributed by atoms with van der Waals surface area (Å²) in [5.74, 6) is 2.64. The van der Waals surface area contributed by atoms with Crippen molar-refractivity contribution in [1.29, 1.82) is 0 Å². The molecule has 304 valence electrons. The van der Waals surface area contributed by atoms with Gasteiger partial charge < -0.3 is 10.4 Å². The van der Waals surface area contributed by atoms with Crippen LogP contribution in [0.4, 0.5) is 4.39 Å². The number of rotatable bonds is 9. The molecule has 6 nitrogen and oxygen atoms in total. The van der Waals surface area contributed by atoms with Gasteiger partial charge in [0, 0.05) is 31.7 Å². The summed E-state index contributed by atoms with van der Waals surface area (Å²) in [7, 11) is -2.90. The van der Waals surface area contributed by atoms with Crippen molar-refractivity contribution >= 4 is 15.8 Å². The molecule has 1 heterocycles. The van der Waals surface area contributed by atoms with Gasteiger partial charge in [0.2, 0.25) is 0 Å². The molecule has 0 aromatic carbocycles. The lowest BCUT2D eigenvalue weighted by atomic mass is 9.32. The zero-order valence-electron chi connectivity index (χ0n) is 35.1. The van der Waals surface area contributed by atoms with Gasteiger partial charge in [-0.1, -0.05) is 58.9 Å². The molecule has 10 atom stereocenters. The topological polar surface area (TPSA) is 86.7 Å². The van der Waals surface area contributed by atoms with Crippen LogP contribution in [0.5, 0.6) is 0 Å². The van der Waals surface area contributed by atoms with Gasteiger partial charge in [-0.3, -0.25) is 9.69 Å². The van der Waals surface area contributed by atoms with E-state index in [0.717, 1.165) is 19.5 Å². The van der Waals surface area contributed by atoms with Crippen molar-refractivity contribution in [2.75, 3.05) is 44.4 Å². The molecule has 6 aliphatic carbocycles. The fourth-order valence-electron chi connectivity index (χ4n) is 15.3. The number of hydrogen-bond acceptors (Lipinski definition) is 5. The molecule has 2 N–H and O–H groups in total. The molecule has 0 spiro atoms. The van der Waals surface area contributed by atoms with E-state index in [4.69, 9.17) is 0 Å². The molecule has 5 fully saturated rings. The number of carboxylic acids is 1. The van der Waals surface area contributed by atoms with Gasteiger partial charge >= 0.3 is 5.97 Å². The molecule has 8 heteroatoms. The van der Waals surface area contributed by atoms with Gasteiger partial charge in [0.05, 0.1) is 16.9 Å². The van der Waals surface area contributed by atoms with E-state index in [2.05, 4.69) is 84.3 Å². The summed E-state index contributed by atoms with van der Waals surface area (Å²) in [6.07, 6.45) is 17.2. The predicted molar refractivity (Wildman–Crippen MR) is 218 cm³/mol. The Morgan fingerprint density at radius 3 is 2.26 bits per heavy atom. The smallest absolute Gasteiger partial charge is 0.312 e. The number of carbonyl (C=O) groups is 1. The van der Waals surface area contributed by atoms with Gasteiger partial charge in [-0.05, 0) is 166 Å². The van der Waals surface area contributed by atoms with E-state index in [1.165, 1.54) is 68.1 Å². The molecule has 0 bridgehead atoms. The van der Waals surface area contributed by atoms with Gasteiger partial charge in [-0.15, -0.1) is 0 Å². The summed E-state index contributed by atoms with van der Waals surface area (Å²) >= 11 is 0. The lowest BCUT2D eigenvalue weighted by Gasteiger charge is -2.72. The second-order valence-electron chi connectivity index (χ2n) is 21.8. The van der Waals surface area contributed by atoms with Crippen LogP contribution >= 0.6 is 0 Å². The number of fused-ring (bicyclic) bond motifs is 7. The van der Waals surface area contributed by atoms with E-state index >= 15 is 0 Å². The molecule has 1 aliphatic heterocycles. The minimum atomic E-state index is -2.90. The first kappa shape index (κ1) is 40.7. The minimum absolute atomic E-state index is 0.0169. The maximum absolute atomic E-state index is 14.0. The number of carboxylic acid groups (broad SMARTS) is 1. The molecular weight excluding hydrogens is 696 g/mol. The Morgan fingerprint density at radius 1 is 0.944 bits per heavy atom. The highest BCUT2D eigenvalue weighted by Crippen LogP contribution is 2.77. The number of allylic oxidation sites excluding steroid dienone is 5. The summed E-state index contributed by atoms with van der Waals surface area (Å²) < 4.78 is 38.3. The van der Waals surface area contributed by atoms with Gasteiger partial charge in [0.15, 0.2) is 9.84 Å². The number of alkyl halides is 1. The fourth-order valence-corrected chi connectivity index (χ4v) is 16.5. The van der Waals surface area contributed by atoms with E-state index in [9.17, 15) is 22.7 Å². The Balaban J connectivity index is 1.12. The van der Waals surface area contributed by atoms with Gasteiger partial charge in [0.1, 0.15) is 6.67 Å². The zero-order valence-corrected chi connectivity index (χ0v) is 35.9. The Kier molecular flexibility index (Phi) is 10.2. The van der Waals surface area contributed by atoms with Gasteiger partial charge in [-0.2, -0.15) is 0 Å². The highest BCUT2D eigenvalue weighted by molar-refractivity contribution is 7.91. The van der Waals surface area contributed by atoms with E-state index in [1.54, 1.807) is 0 Å². The molecule has 0 aromatic rings. The van der Waals surface area contributed by atoms with Crippen LogP contribution in [0.3, 0.4) is 0 Å². The molecule has 54 heavy (non-hydrogen) atoms. The van der Waals surface area contributed by atoms with Crippen LogP contribution in [0.25, 0.3) is 0 Å². The van der Waals surface area contributed by atoms with E-state index in [-0.39, 0.29) is 50.5 Å². The summed E-state index contributed by atoms with van der Waals surface area (Å²) in [5.41, 5.74) is 3.68. The third kappa shape index (κ3) is 6.09. The van der Waals surface area contributed by atoms with Crippen molar-refractivity contribution in [3.05, 3.63) is 35.5 Å². The molecule has 4 saturated carbocycles. The molecule has 0 amide bonds. The molecule has 7 aliphatic rings. The van der Waals surface area contributed by atoms with E-state index in [0.29, 0.717) is 55.5 Å². The number of sulfone groups is 1. The number of halogens is 1. The van der Waals surface area contributed by atoms with E-state index < -0.39 is 27.9 Å². The normalized spacial score (nSPS) is 44.5. The lowest BCUT2D eigenvalue weighted by Crippen LogP contribution is -2.66. The van der Waals surface area contributed by atoms with Crippen molar-refractivity contribution in [3.63, 3.8) is 0 Å². The Labute approximate surface area is 327 Å². The van der Waals surface area contributed by atoms with E-state index in [1.807, 2.05) is 0 Å². The van der Waals surface area contributed by atoms with Crippen molar-refractivity contribution in [2.45, 2.75) is 138 Å². The number of nitrogens with zero attached hydrogens (tertiary/aromatic N) is 1. The first-order chi connectivity index (χ1) is 25.1. The molecule has 0 radical (unpaired) electrons. The summed E-state index contributed by atoms with van der Waals surface area (Å²) in [6, 6.07) is 0. The van der Waals surface area contributed by atoms with Crippen LogP contribution in [0.1, 0.15) is 132 Å². The fraction of sp³-hybridized carbons (Fsp3) is 0.848. The molecule has 1 saturated heterocycles. The first-order valence-corrected chi connectivity index (χ1v) is 23.4. The van der Waals surface area contributed by atoms with Crippen molar-refractivity contribution in [1.82, 2.24) is 10.2 Å². The van der Waals surface area contributed by atoms with Gasteiger partial charge in [0.25, 0.3) is 0 Å². The number of aliphatic carboxylic acids is 1. The molecule has 3 unspecified atom stereocenters. The largest absolute Gasteiger partial charge is 0.481 e. The predicted octanol–water partition coefficient (Wildman–Crippen LogP) is 9.43. The van der Waals surface area contributed by atoms with Crippen LogP contribution < -0.4 is 5.32 Å². The van der Waals surface area contributed by atoms with Crippen LogP contribution in [0.2, 0.25) is 0 Å². The van der Waals surface area contributed by atoms with Crippen LogP contribution in [0, 0.1) is 62.1 Å². The number of hydrogen-bond donors (Lipinski definition) is 2. The van der Waals surface area contributed by atoms with Crippen molar-refractivity contribution < 1.29 is 22.7 Å². The Morgan fingerprint density at radius 2 is 1.65 bits per heavy atom. The first-order valence-electron chi connectivity index (χ1n) is 21.6. The van der Waals surface area contributed by atoms with Crippen molar-refractivity contribution in [3.8, 4) is 0 Å². The quantitative estimate of drug-likeness (QED) is 0.228. The zero-order chi connectivity index (χ0) is 39.3. The second-order valence-corrected chi connectivity index (χ2v) is 24.1. The summed E-state index contributed by atoms with van der Waals surface area (Å²) in [4.78, 5) is 14.4. The summed E-state index contributed by atoms with van der Waals surface area (Å²) in [5, 5.41) is 13.9. The van der Waals surface area contributed by atoms with Gasteiger partial charge in [-0.25, -0.2) is 12.8 Å². The highest BCUT2D eigenvalue weighted by atomic mass is 32.2. The molecular formula is C46H73FN2O4S. The van der Waals surface area contributed by atoms with Crippen LogP contribution in [-0.4, -0.2) is 74.3 Å². The third-order valence-electron chi connectivity index (χ3n) is 18.7. The Bertz CT molecular complexity index is 1690. The lowest BCUT2D eigenvalue weighted by molar-refractivity contribution is -0.226. The highest BCUT2D eigenvalue weighted by Gasteiger charge is 2.70. The maximum atomic E-state index is 14.0. The number of nitrogens with one attached hydrogen (secondary N) is 1. The maximum Gasteiger partial charge on any atom is 0.312 e. The monoisotopic (exact) mass is 769 g/mol. The SMILES string of the molecule is C=C(C)[C@@H]1CC[C@]2(CNCC(C)(C)N3CCS(=O)(=O)CC3)CC[C@]3(C)[C@H](CCC4[C@@]5(C)CC=C(C6=CC[C@](CF)(C(=O)O)CC6)C(C)(C)C5CC[C@]43C)C12.